The molecule has 0 aromatic carbocycles. The van der Waals surface area contributed by atoms with Crippen molar-refractivity contribution in [2.45, 2.75) is 32.2 Å². The van der Waals surface area contributed by atoms with E-state index in [0.29, 0.717) is 25.1 Å². The van der Waals surface area contributed by atoms with Crippen molar-refractivity contribution in [1.29, 1.82) is 0 Å². The van der Waals surface area contributed by atoms with Crippen molar-refractivity contribution < 1.29 is 14.3 Å². The van der Waals surface area contributed by atoms with E-state index in [-0.39, 0.29) is 12.0 Å². The summed E-state index contributed by atoms with van der Waals surface area (Å²) in [5, 5.41) is 0. The number of aromatic nitrogens is 1. The van der Waals surface area contributed by atoms with Gasteiger partial charge in [-0.05, 0) is 36.8 Å². The third-order valence-electron chi connectivity index (χ3n) is 4.45. The number of rotatable bonds is 1. The van der Waals surface area contributed by atoms with Gasteiger partial charge in [-0.2, -0.15) is 0 Å². The van der Waals surface area contributed by atoms with E-state index >= 15 is 0 Å². The number of likely N-dealkylation sites (tertiary alicyclic amines) is 1. The first-order valence-electron chi connectivity index (χ1n) is 7.78. The fraction of sp³-hybridized carbons (Fsp3) is 0.562. The zero-order valence-electron chi connectivity index (χ0n) is 12.9. The molecule has 118 valence electrons. The minimum Gasteiger partial charge on any atom is -0.453 e. The Kier molecular flexibility index (Phi) is 4.27. The van der Waals surface area contributed by atoms with Crippen LogP contribution in [0.15, 0.2) is 12.4 Å². The molecular weight excluding hydrogens is 282 g/mol. The number of fused-ring (bicyclic) bond motifs is 1. The Labute approximate surface area is 130 Å². The summed E-state index contributed by atoms with van der Waals surface area (Å²) in [7, 11) is 1.38. The van der Waals surface area contributed by atoms with Gasteiger partial charge in [0.05, 0.1) is 19.2 Å². The number of ether oxygens (including phenoxy) is 1. The van der Waals surface area contributed by atoms with Gasteiger partial charge in [-0.3, -0.25) is 9.78 Å². The zero-order valence-corrected chi connectivity index (χ0v) is 12.9. The lowest BCUT2D eigenvalue weighted by Gasteiger charge is -2.31. The maximum Gasteiger partial charge on any atom is 0.409 e. The van der Waals surface area contributed by atoms with Gasteiger partial charge >= 0.3 is 6.09 Å². The SMILES string of the molecule is COC(=O)N1CCc2c(cncc2C(=O)N2CCCCC2)C1. The van der Waals surface area contributed by atoms with Gasteiger partial charge in [0, 0.05) is 32.0 Å². The van der Waals surface area contributed by atoms with E-state index in [0.717, 1.165) is 37.1 Å². The molecule has 0 radical (unpaired) electrons. The van der Waals surface area contributed by atoms with E-state index in [2.05, 4.69) is 4.98 Å². The van der Waals surface area contributed by atoms with Crippen molar-refractivity contribution in [3.63, 3.8) is 0 Å². The largest absolute Gasteiger partial charge is 0.453 e. The molecule has 1 aromatic rings. The molecule has 1 aromatic heterocycles. The summed E-state index contributed by atoms with van der Waals surface area (Å²) in [6, 6.07) is 0. The third kappa shape index (κ3) is 2.77. The van der Waals surface area contributed by atoms with Crippen LogP contribution < -0.4 is 0 Å². The van der Waals surface area contributed by atoms with E-state index in [1.54, 1.807) is 17.3 Å². The molecule has 0 unspecified atom stereocenters. The second kappa shape index (κ2) is 6.34. The second-order valence-electron chi connectivity index (χ2n) is 5.82. The maximum absolute atomic E-state index is 12.7. The third-order valence-corrected chi connectivity index (χ3v) is 4.45. The summed E-state index contributed by atoms with van der Waals surface area (Å²) in [5.74, 6) is 0.0792. The van der Waals surface area contributed by atoms with Crippen LogP contribution in [0.4, 0.5) is 4.79 Å². The molecule has 3 heterocycles. The van der Waals surface area contributed by atoms with Crippen LogP contribution in [0, 0.1) is 0 Å². The first-order valence-corrected chi connectivity index (χ1v) is 7.78. The van der Waals surface area contributed by atoms with Gasteiger partial charge in [0.1, 0.15) is 0 Å². The lowest BCUT2D eigenvalue weighted by atomic mass is 9.96. The molecule has 0 aliphatic carbocycles. The Morgan fingerprint density at radius 1 is 1.09 bits per heavy atom. The number of carbonyl (C=O) groups excluding carboxylic acids is 2. The molecule has 6 nitrogen and oxygen atoms in total. The van der Waals surface area contributed by atoms with Crippen molar-refractivity contribution in [3.8, 4) is 0 Å². The van der Waals surface area contributed by atoms with Crippen LogP contribution in [0.3, 0.4) is 0 Å². The van der Waals surface area contributed by atoms with Crippen LogP contribution in [-0.4, -0.2) is 53.5 Å². The van der Waals surface area contributed by atoms with Crippen LogP contribution in [0.1, 0.15) is 40.7 Å². The van der Waals surface area contributed by atoms with Gasteiger partial charge in [-0.25, -0.2) is 4.79 Å². The van der Waals surface area contributed by atoms with E-state index in [4.69, 9.17) is 4.74 Å². The van der Waals surface area contributed by atoms with Crippen molar-refractivity contribution in [1.82, 2.24) is 14.8 Å². The maximum atomic E-state index is 12.7. The van der Waals surface area contributed by atoms with E-state index < -0.39 is 0 Å². The number of carbonyl (C=O) groups is 2. The molecule has 2 aliphatic rings. The number of methoxy groups -OCH3 is 1. The number of piperidine rings is 1. The van der Waals surface area contributed by atoms with E-state index in [9.17, 15) is 9.59 Å². The van der Waals surface area contributed by atoms with Crippen LogP contribution >= 0.6 is 0 Å². The summed E-state index contributed by atoms with van der Waals surface area (Å²) in [6.45, 7) is 2.69. The minimum absolute atomic E-state index is 0.0792. The molecule has 0 atom stereocenters. The first kappa shape index (κ1) is 14.8. The minimum atomic E-state index is -0.335. The van der Waals surface area contributed by atoms with Crippen LogP contribution in [0.25, 0.3) is 0 Å². The number of hydrogen-bond donors (Lipinski definition) is 0. The molecule has 2 amide bonds. The average Bonchev–Trinajstić information content (AvgIpc) is 2.60. The van der Waals surface area contributed by atoms with Crippen LogP contribution in [-0.2, 0) is 17.7 Å². The van der Waals surface area contributed by atoms with Gasteiger partial charge in [-0.1, -0.05) is 0 Å². The summed E-state index contributed by atoms with van der Waals surface area (Å²) in [4.78, 5) is 32.1. The predicted octanol–water partition coefficient (Wildman–Crippen LogP) is 1.83. The summed E-state index contributed by atoms with van der Waals surface area (Å²) >= 11 is 0. The molecule has 1 fully saturated rings. The average molecular weight is 303 g/mol. The normalized spacial score (nSPS) is 17.9. The predicted molar refractivity (Wildman–Crippen MR) is 80.5 cm³/mol. The van der Waals surface area contributed by atoms with Gasteiger partial charge < -0.3 is 14.5 Å². The fourth-order valence-electron chi connectivity index (χ4n) is 3.23. The molecule has 2 aliphatic heterocycles. The fourth-order valence-corrected chi connectivity index (χ4v) is 3.23. The monoisotopic (exact) mass is 303 g/mol. The van der Waals surface area contributed by atoms with E-state index in [1.165, 1.54) is 13.5 Å². The smallest absolute Gasteiger partial charge is 0.409 e. The quantitative estimate of drug-likeness (QED) is 0.794. The van der Waals surface area contributed by atoms with E-state index in [1.807, 2.05) is 4.90 Å². The lowest BCUT2D eigenvalue weighted by Crippen LogP contribution is -2.39. The Morgan fingerprint density at radius 2 is 1.86 bits per heavy atom. The molecule has 1 saturated heterocycles. The van der Waals surface area contributed by atoms with Gasteiger partial charge in [0.25, 0.3) is 5.91 Å². The van der Waals surface area contributed by atoms with Gasteiger partial charge in [0.15, 0.2) is 0 Å². The van der Waals surface area contributed by atoms with Crippen molar-refractivity contribution in [2.24, 2.45) is 0 Å². The number of hydrogen-bond acceptors (Lipinski definition) is 4. The van der Waals surface area contributed by atoms with Crippen LogP contribution in [0.5, 0.6) is 0 Å². The molecule has 0 spiro atoms. The van der Waals surface area contributed by atoms with Gasteiger partial charge in [0.2, 0.25) is 0 Å². The lowest BCUT2D eigenvalue weighted by molar-refractivity contribution is 0.0721. The number of nitrogens with zero attached hydrogens (tertiary/aromatic N) is 3. The molecular formula is C16H21N3O3. The molecule has 6 heteroatoms. The second-order valence-corrected chi connectivity index (χ2v) is 5.82. The highest BCUT2D eigenvalue weighted by molar-refractivity contribution is 5.96. The summed E-state index contributed by atoms with van der Waals surface area (Å²) < 4.78 is 4.77. The molecule has 3 rings (SSSR count). The molecule has 0 bridgehead atoms. The number of amides is 2. The zero-order chi connectivity index (χ0) is 15.5. The highest BCUT2D eigenvalue weighted by Gasteiger charge is 2.27. The van der Waals surface area contributed by atoms with Crippen molar-refractivity contribution >= 4 is 12.0 Å². The molecule has 22 heavy (non-hydrogen) atoms. The number of pyridine rings is 1. The first-order chi connectivity index (χ1) is 10.7. The summed E-state index contributed by atoms with van der Waals surface area (Å²) in [6.07, 6.45) is 7.10. The topological polar surface area (TPSA) is 62.7 Å². The van der Waals surface area contributed by atoms with Crippen LogP contribution in [0.2, 0.25) is 0 Å². The Bertz CT molecular complexity index is 582. The Morgan fingerprint density at radius 3 is 2.59 bits per heavy atom. The van der Waals surface area contributed by atoms with Crippen molar-refractivity contribution in [2.75, 3.05) is 26.7 Å². The Balaban J connectivity index is 1.83. The molecule has 0 saturated carbocycles. The highest BCUT2D eigenvalue weighted by atomic mass is 16.5. The molecule has 0 N–H and O–H groups in total. The standard InChI is InChI=1S/C16H21N3O3/c1-22-16(21)19-8-5-13-12(11-19)9-17-10-14(13)15(20)18-6-3-2-4-7-18/h9-10H,2-8,11H2,1H3. The van der Waals surface area contributed by atoms with Gasteiger partial charge in [-0.15, -0.1) is 0 Å². The Hall–Kier alpha value is -2.11. The van der Waals surface area contributed by atoms with Crippen molar-refractivity contribution in [3.05, 3.63) is 29.1 Å². The highest BCUT2D eigenvalue weighted by Crippen LogP contribution is 2.24. The summed E-state index contributed by atoms with van der Waals surface area (Å²) in [5.41, 5.74) is 2.68.